The Bertz CT molecular complexity index is 717. The van der Waals surface area contributed by atoms with Crippen molar-refractivity contribution in [3.8, 4) is 0 Å². The minimum Gasteiger partial charge on any atom is -0.280 e. The van der Waals surface area contributed by atoms with E-state index in [1.54, 1.807) is 12.1 Å². The zero-order chi connectivity index (χ0) is 14.9. The maximum Gasteiger partial charge on any atom is 0.262 e. The molecule has 0 aliphatic carbocycles. The van der Waals surface area contributed by atoms with Crippen LogP contribution < -0.4 is 4.72 Å². The molecule has 0 unspecified atom stereocenters. The van der Waals surface area contributed by atoms with Gasteiger partial charge in [0.2, 0.25) is 0 Å². The molecule has 0 saturated carbocycles. The van der Waals surface area contributed by atoms with E-state index in [1.807, 2.05) is 19.9 Å². The van der Waals surface area contributed by atoms with Gasteiger partial charge >= 0.3 is 0 Å². The Morgan fingerprint density at radius 1 is 0.850 bits per heavy atom. The fraction of sp³-hybridized carbons (Fsp3) is 0.143. The van der Waals surface area contributed by atoms with Gasteiger partial charge in [0.15, 0.2) is 0 Å². The molecule has 0 aliphatic rings. The van der Waals surface area contributed by atoms with Crippen molar-refractivity contribution in [3.63, 3.8) is 0 Å². The van der Waals surface area contributed by atoms with Crippen LogP contribution in [0.2, 0.25) is 0 Å². The SMILES string of the molecule is Cc1cc(C)cc(NS(=O)(=O)c2cc(F)cc(F)c2)c1. The minimum atomic E-state index is -4.02. The Morgan fingerprint density at radius 3 is 1.85 bits per heavy atom. The van der Waals surface area contributed by atoms with Crippen molar-refractivity contribution < 1.29 is 17.2 Å². The van der Waals surface area contributed by atoms with Crippen molar-refractivity contribution in [3.05, 3.63) is 59.2 Å². The van der Waals surface area contributed by atoms with Crippen molar-refractivity contribution in [2.75, 3.05) is 4.72 Å². The van der Waals surface area contributed by atoms with E-state index in [0.29, 0.717) is 11.8 Å². The van der Waals surface area contributed by atoms with Gasteiger partial charge in [0, 0.05) is 11.8 Å². The van der Waals surface area contributed by atoms with Gasteiger partial charge in [-0.15, -0.1) is 0 Å². The molecule has 20 heavy (non-hydrogen) atoms. The number of hydrogen-bond acceptors (Lipinski definition) is 2. The molecule has 0 radical (unpaired) electrons. The summed E-state index contributed by atoms with van der Waals surface area (Å²) in [6.45, 7) is 3.65. The molecule has 0 aliphatic heterocycles. The summed E-state index contributed by atoms with van der Waals surface area (Å²) in [5, 5.41) is 0. The molecule has 0 atom stereocenters. The number of nitrogens with one attached hydrogen (secondary N) is 1. The summed E-state index contributed by atoms with van der Waals surface area (Å²) in [6, 6.07) is 7.33. The number of hydrogen-bond donors (Lipinski definition) is 1. The van der Waals surface area contributed by atoms with Crippen LogP contribution in [-0.4, -0.2) is 8.42 Å². The zero-order valence-corrected chi connectivity index (χ0v) is 11.8. The Morgan fingerprint density at radius 2 is 1.35 bits per heavy atom. The predicted octanol–water partition coefficient (Wildman–Crippen LogP) is 3.38. The second-order valence-electron chi connectivity index (χ2n) is 4.59. The van der Waals surface area contributed by atoms with Crippen LogP contribution in [0.1, 0.15) is 11.1 Å². The van der Waals surface area contributed by atoms with Gasteiger partial charge in [-0.05, 0) is 49.2 Å². The van der Waals surface area contributed by atoms with Crippen molar-refractivity contribution in [2.45, 2.75) is 18.7 Å². The Hall–Kier alpha value is -1.95. The highest BCUT2D eigenvalue weighted by molar-refractivity contribution is 7.92. The van der Waals surface area contributed by atoms with Gasteiger partial charge in [-0.25, -0.2) is 17.2 Å². The molecule has 2 aromatic rings. The Labute approximate surface area is 116 Å². The van der Waals surface area contributed by atoms with Gasteiger partial charge in [0.05, 0.1) is 4.90 Å². The van der Waals surface area contributed by atoms with Gasteiger partial charge in [-0.3, -0.25) is 4.72 Å². The summed E-state index contributed by atoms with van der Waals surface area (Å²) in [7, 11) is -4.02. The lowest BCUT2D eigenvalue weighted by Crippen LogP contribution is -2.13. The first-order chi connectivity index (χ1) is 9.26. The molecule has 0 aromatic heterocycles. The zero-order valence-electron chi connectivity index (χ0n) is 10.9. The Balaban J connectivity index is 2.40. The molecule has 0 fully saturated rings. The van der Waals surface area contributed by atoms with Crippen LogP contribution in [0.4, 0.5) is 14.5 Å². The lowest BCUT2D eigenvalue weighted by Gasteiger charge is -2.10. The van der Waals surface area contributed by atoms with Crippen molar-refractivity contribution in [1.82, 2.24) is 0 Å². The van der Waals surface area contributed by atoms with E-state index >= 15 is 0 Å². The highest BCUT2D eigenvalue weighted by Gasteiger charge is 2.16. The standard InChI is InChI=1S/C14H13F2NO2S/c1-9-3-10(2)5-13(4-9)17-20(18,19)14-7-11(15)6-12(16)8-14/h3-8,17H,1-2H3. The lowest BCUT2D eigenvalue weighted by molar-refractivity contribution is 0.568. The molecule has 0 amide bonds. The summed E-state index contributed by atoms with van der Waals surface area (Å²) in [5.41, 5.74) is 2.12. The minimum absolute atomic E-state index is 0.354. The van der Waals surface area contributed by atoms with Crippen LogP contribution in [0.25, 0.3) is 0 Å². The van der Waals surface area contributed by atoms with Crippen molar-refractivity contribution in [1.29, 1.82) is 0 Å². The average molecular weight is 297 g/mol. The van der Waals surface area contributed by atoms with E-state index in [2.05, 4.69) is 4.72 Å². The average Bonchev–Trinajstić information content (AvgIpc) is 2.25. The summed E-state index contributed by atoms with van der Waals surface area (Å²) in [4.78, 5) is -0.450. The second-order valence-corrected chi connectivity index (χ2v) is 6.27. The largest absolute Gasteiger partial charge is 0.280 e. The monoisotopic (exact) mass is 297 g/mol. The van der Waals surface area contributed by atoms with Crippen molar-refractivity contribution >= 4 is 15.7 Å². The van der Waals surface area contributed by atoms with Gasteiger partial charge in [0.25, 0.3) is 10.0 Å². The fourth-order valence-corrected chi connectivity index (χ4v) is 3.01. The molecule has 106 valence electrons. The first kappa shape index (κ1) is 14.5. The molecule has 2 rings (SSSR count). The number of halogens is 2. The molecular formula is C14H13F2NO2S. The van der Waals surface area contributed by atoms with E-state index in [0.717, 1.165) is 23.3 Å². The molecular weight excluding hydrogens is 284 g/mol. The molecule has 0 saturated heterocycles. The number of sulfonamides is 1. The molecule has 1 N–H and O–H groups in total. The number of anilines is 1. The third-order valence-corrected chi connectivity index (χ3v) is 3.98. The van der Waals surface area contributed by atoms with E-state index < -0.39 is 26.6 Å². The summed E-state index contributed by atoms with van der Waals surface area (Å²) < 4.78 is 52.7. The van der Waals surface area contributed by atoms with Crippen molar-refractivity contribution in [2.24, 2.45) is 0 Å². The van der Waals surface area contributed by atoms with Gasteiger partial charge in [-0.1, -0.05) is 6.07 Å². The van der Waals surface area contributed by atoms with E-state index in [9.17, 15) is 17.2 Å². The molecule has 0 bridgehead atoms. The third kappa shape index (κ3) is 3.33. The summed E-state index contributed by atoms with van der Waals surface area (Å²) in [5.74, 6) is -1.88. The van der Waals surface area contributed by atoms with Crippen LogP contribution in [0.3, 0.4) is 0 Å². The van der Waals surface area contributed by atoms with Crippen LogP contribution in [0.15, 0.2) is 41.3 Å². The quantitative estimate of drug-likeness (QED) is 0.944. The predicted molar refractivity (Wildman–Crippen MR) is 73.1 cm³/mol. The maximum absolute atomic E-state index is 13.1. The van der Waals surface area contributed by atoms with Crippen LogP contribution in [0.5, 0.6) is 0 Å². The third-order valence-electron chi connectivity index (χ3n) is 2.62. The normalized spacial score (nSPS) is 11.4. The Kier molecular flexibility index (Phi) is 3.76. The number of aryl methyl sites for hydroxylation is 2. The molecule has 3 nitrogen and oxygen atoms in total. The molecule has 0 heterocycles. The van der Waals surface area contributed by atoms with Gasteiger partial charge < -0.3 is 0 Å². The highest BCUT2D eigenvalue weighted by Crippen LogP contribution is 2.20. The van der Waals surface area contributed by atoms with Crippen LogP contribution in [-0.2, 0) is 10.0 Å². The molecule has 6 heteroatoms. The summed E-state index contributed by atoms with van der Waals surface area (Å²) >= 11 is 0. The second kappa shape index (κ2) is 5.20. The summed E-state index contributed by atoms with van der Waals surface area (Å²) in [6.07, 6.45) is 0. The maximum atomic E-state index is 13.1. The van der Waals surface area contributed by atoms with E-state index in [-0.39, 0.29) is 0 Å². The molecule has 0 spiro atoms. The van der Waals surface area contributed by atoms with E-state index in [1.165, 1.54) is 0 Å². The van der Waals surface area contributed by atoms with E-state index in [4.69, 9.17) is 0 Å². The highest BCUT2D eigenvalue weighted by atomic mass is 32.2. The number of rotatable bonds is 3. The topological polar surface area (TPSA) is 46.2 Å². The van der Waals surface area contributed by atoms with Crippen LogP contribution >= 0.6 is 0 Å². The number of benzene rings is 2. The first-order valence-electron chi connectivity index (χ1n) is 5.83. The fourth-order valence-electron chi connectivity index (χ4n) is 1.93. The smallest absolute Gasteiger partial charge is 0.262 e. The van der Waals surface area contributed by atoms with Gasteiger partial charge in [0.1, 0.15) is 11.6 Å². The molecule has 2 aromatic carbocycles. The first-order valence-corrected chi connectivity index (χ1v) is 7.32. The van der Waals surface area contributed by atoms with Gasteiger partial charge in [-0.2, -0.15) is 0 Å². The van der Waals surface area contributed by atoms with Crippen LogP contribution in [0, 0.1) is 25.5 Å². The lowest BCUT2D eigenvalue weighted by atomic mass is 10.1.